The van der Waals surface area contributed by atoms with Gasteiger partial charge in [-0.3, -0.25) is 4.79 Å². The summed E-state index contributed by atoms with van der Waals surface area (Å²) in [6.07, 6.45) is 2.37. The Balaban J connectivity index is 1.70. The molecular formula is C15H20N2O. The van der Waals surface area contributed by atoms with Crippen LogP contribution < -0.4 is 5.32 Å². The zero-order chi connectivity index (χ0) is 12.5. The molecule has 1 atom stereocenters. The highest BCUT2D eigenvalue weighted by Gasteiger charge is 2.38. The number of para-hydroxylation sites is 1. The van der Waals surface area contributed by atoms with Gasteiger partial charge in [0.25, 0.3) is 0 Å². The molecular weight excluding hydrogens is 224 g/mol. The van der Waals surface area contributed by atoms with E-state index in [0.717, 1.165) is 17.8 Å². The van der Waals surface area contributed by atoms with Crippen molar-refractivity contribution in [2.75, 3.05) is 25.0 Å². The Hall–Kier alpha value is -1.35. The molecule has 0 radical (unpaired) electrons. The maximum atomic E-state index is 12.4. The summed E-state index contributed by atoms with van der Waals surface area (Å²) in [6, 6.07) is 7.99. The Morgan fingerprint density at radius 2 is 2.00 bits per heavy atom. The Morgan fingerprint density at radius 3 is 2.61 bits per heavy atom. The van der Waals surface area contributed by atoms with Crippen LogP contribution >= 0.6 is 0 Å². The van der Waals surface area contributed by atoms with Gasteiger partial charge < -0.3 is 10.2 Å². The van der Waals surface area contributed by atoms with Crippen molar-refractivity contribution < 1.29 is 4.79 Å². The predicted octanol–water partition coefficient (Wildman–Crippen LogP) is 2.28. The Morgan fingerprint density at radius 1 is 1.28 bits per heavy atom. The molecule has 1 aromatic rings. The predicted molar refractivity (Wildman–Crippen MR) is 72.5 cm³/mol. The van der Waals surface area contributed by atoms with Crippen LogP contribution in [0.15, 0.2) is 24.3 Å². The lowest BCUT2D eigenvalue weighted by atomic mass is 9.78. The van der Waals surface area contributed by atoms with Crippen molar-refractivity contribution in [1.29, 1.82) is 0 Å². The van der Waals surface area contributed by atoms with Gasteiger partial charge in [0, 0.05) is 12.2 Å². The maximum Gasteiger partial charge on any atom is 0.229 e. The van der Waals surface area contributed by atoms with E-state index in [0.29, 0.717) is 5.92 Å². The molecule has 1 amide bonds. The average Bonchev–Trinajstić information content (AvgIpc) is 2.42. The monoisotopic (exact) mass is 244 g/mol. The standard InChI is InChI=1S/C15H20N2O/c1-11-4-2-3-5-14(11)16-15(18)13-10-17-8-6-12(13)7-9-17/h2-5,12-13H,6-10H2,1H3,(H,16,18). The van der Waals surface area contributed by atoms with E-state index in [1.165, 1.54) is 25.9 Å². The first-order valence-corrected chi connectivity index (χ1v) is 6.83. The van der Waals surface area contributed by atoms with E-state index in [1.54, 1.807) is 0 Å². The number of amides is 1. The maximum absolute atomic E-state index is 12.4. The third-order valence-electron chi connectivity index (χ3n) is 4.40. The van der Waals surface area contributed by atoms with Gasteiger partial charge in [-0.25, -0.2) is 0 Å². The number of nitrogens with zero attached hydrogens (tertiary/aromatic N) is 1. The molecule has 0 aliphatic carbocycles. The first kappa shape index (κ1) is 11.7. The number of hydrogen-bond donors (Lipinski definition) is 1. The minimum Gasteiger partial charge on any atom is -0.326 e. The molecule has 4 rings (SSSR count). The molecule has 18 heavy (non-hydrogen) atoms. The molecule has 0 saturated carbocycles. The molecule has 3 saturated heterocycles. The van der Waals surface area contributed by atoms with Crippen LogP contribution in [-0.2, 0) is 4.79 Å². The number of carbonyl (C=O) groups is 1. The summed E-state index contributed by atoms with van der Waals surface area (Å²) in [7, 11) is 0. The van der Waals surface area contributed by atoms with Crippen LogP contribution in [0.5, 0.6) is 0 Å². The Kier molecular flexibility index (Phi) is 3.08. The van der Waals surface area contributed by atoms with Crippen molar-refractivity contribution >= 4 is 11.6 Å². The number of hydrogen-bond acceptors (Lipinski definition) is 2. The molecule has 0 spiro atoms. The number of nitrogens with one attached hydrogen (secondary N) is 1. The second kappa shape index (κ2) is 4.73. The normalized spacial score (nSPS) is 30.2. The van der Waals surface area contributed by atoms with Gasteiger partial charge in [0.1, 0.15) is 0 Å². The number of aryl methyl sites for hydroxylation is 1. The van der Waals surface area contributed by atoms with Crippen LogP contribution in [0.4, 0.5) is 5.69 Å². The van der Waals surface area contributed by atoms with Crippen LogP contribution in [0.1, 0.15) is 18.4 Å². The summed E-state index contributed by atoms with van der Waals surface area (Å²) >= 11 is 0. The van der Waals surface area contributed by atoms with Crippen molar-refractivity contribution in [1.82, 2.24) is 4.90 Å². The number of carbonyl (C=O) groups excluding carboxylic acids is 1. The highest BCUT2D eigenvalue weighted by Crippen LogP contribution is 2.33. The second-order valence-corrected chi connectivity index (χ2v) is 5.55. The van der Waals surface area contributed by atoms with E-state index >= 15 is 0 Å². The van der Waals surface area contributed by atoms with Crippen LogP contribution in [0.2, 0.25) is 0 Å². The second-order valence-electron chi connectivity index (χ2n) is 5.55. The minimum absolute atomic E-state index is 0.187. The smallest absolute Gasteiger partial charge is 0.229 e. The van der Waals surface area contributed by atoms with Crippen molar-refractivity contribution in [3.05, 3.63) is 29.8 Å². The lowest BCUT2D eigenvalue weighted by Gasteiger charge is -2.43. The highest BCUT2D eigenvalue weighted by molar-refractivity contribution is 5.93. The van der Waals surface area contributed by atoms with E-state index in [1.807, 2.05) is 31.2 Å². The van der Waals surface area contributed by atoms with E-state index in [-0.39, 0.29) is 11.8 Å². The number of benzene rings is 1. The van der Waals surface area contributed by atoms with Crippen molar-refractivity contribution in [2.24, 2.45) is 11.8 Å². The summed E-state index contributed by atoms with van der Waals surface area (Å²) in [5.74, 6) is 0.991. The first-order chi connectivity index (χ1) is 8.74. The quantitative estimate of drug-likeness (QED) is 0.865. The lowest BCUT2D eigenvalue weighted by Crippen LogP contribution is -2.51. The van der Waals surface area contributed by atoms with Gasteiger partial charge in [-0.15, -0.1) is 0 Å². The van der Waals surface area contributed by atoms with Gasteiger partial charge in [0.2, 0.25) is 5.91 Å². The summed E-state index contributed by atoms with van der Waals surface area (Å²) in [5, 5.41) is 3.10. The zero-order valence-electron chi connectivity index (χ0n) is 10.9. The minimum atomic E-state index is 0.187. The van der Waals surface area contributed by atoms with Crippen molar-refractivity contribution in [2.45, 2.75) is 19.8 Å². The fourth-order valence-corrected chi connectivity index (χ4v) is 3.20. The summed E-state index contributed by atoms with van der Waals surface area (Å²) in [4.78, 5) is 14.8. The fraction of sp³-hybridized carbons (Fsp3) is 0.533. The molecule has 3 aliphatic heterocycles. The molecule has 96 valence electrons. The highest BCUT2D eigenvalue weighted by atomic mass is 16.1. The van der Waals surface area contributed by atoms with Crippen molar-refractivity contribution in [3.63, 3.8) is 0 Å². The van der Waals surface area contributed by atoms with Gasteiger partial charge >= 0.3 is 0 Å². The van der Waals surface area contributed by atoms with E-state index in [4.69, 9.17) is 0 Å². The van der Waals surface area contributed by atoms with Gasteiger partial charge in [0.15, 0.2) is 0 Å². The van der Waals surface area contributed by atoms with Crippen molar-refractivity contribution in [3.8, 4) is 0 Å². The van der Waals surface area contributed by atoms with Gasteiger partial charge in [-0.05, 0) is 50.4 Å². The molecule has 3 aliphatic rings. The summed E-state index contributed by atoms with van der Waals surface area (Å²) in [6.45, 7) is 5.34. The van der Waals surface area contributed by atoms with Gasteiger partial charge in [-0.2, -0.15) is 0 Å². The molecule has 2 bridgehead atoms. The molecule has 0 aromatic heterocycles. The molecule has 1 aromatic carbocycles. The largest absolute Gasteiger partial charge is 0.326 e. The third kappa shape index (κ3) is 2.15. The number of anilines is 1. The third-order valence-corrected chi connectivity index (χ3v) is 4.40. The molecule has 3 fully saturated rings. The zero-order valence-corrected chi connectivity index (χ0v) is 10.9. The van der Waals surface area contributed by atoms with Crippen LogP contribution in [0.25, 0.3) is 0 Å². The number of fused-ring (bicyclic) bond motifs is 3. The van der Waals surface area contributed by atoms with Gasteiger partial charge in [-0.1, -0.05) is 18.2 Å². The average molecular weight is 244 g/mol. The van der Waals surface area contributed by atoms with E-state index in [2.05, 4.69) is 10.2 Å². The number of rotatable bonds is 2. The fourth-order valence-electron chi connectivity index (χ4n) is 3.20. The van der Waals surface area contributed by atoms with Crippen LogP contribution in [0.3, 0.4) is 0 Å². The Bertz CT molecular complexity index is 450. The van der Waals surface area contributed by atoms with E-state index in [9.17, 15) is 4.79 Å². The molecule has 1 N–H and O–H groups in total. The molecule has 3 heterocycles. The number of piperidine rings is 3. The topological polar surface area (TPSA) is 32.3 Å². The molecule has 1 unspecified atom stereocenters. The van der Waals surface area contributed by atoms with Gasteiger partial charge in [0.05, 0.1) is 5.92 Å². The SMILES string of the molecule is Cc1ccccc1NC(=O)C1CN2CCC1CC2. The van der Waals surface area contributed by atoms with Crippen LogP contribution in [-0.4, -0.2) is 30.4 Å². The first-order valence-electron chi connectivity index (χ1n) is 6.83. The van der Waals surface area contributed by atoms with Crippen LogP contribution in [0, 0.1) is 18.8 Å². The Labute approximate surface area is 108 Å². The summed E-state index contributed by atoms with van der Waals surface area (Å²) < 4.78 is 0. The molecule has 3 nitrogen and oxygen atoms in total. The van der Waals surface area contributed by atoms with E-state index < -0.39 is 0 Å². The molecule has 3 heteroatoms. The lowest BCUT2D eigenvalue weighted by molar-refractivity contribution is -0.125. The summed E-state index contributed by atoms with van der Waals surface area (Å²) in [5.41, 5.74) is 2.09.